The van der Waals surface area contributed by atoms with E-state index in [0.29, 0.717) is 19.8 Å². The van der Waals surface area contributed by atoms with Gasteiger partial charge in [0.05, 0.1) is 12.2 Å². The molecule has 0 aromatic carbocycles. The molecule has 0 radical (unpaired) electrons. The van der Waals surface area contributed by atoms with Gasteiger partial charge in [0.1, 0.15) is 0 Å². The molecule has 0 aromatic rings. The Balaban J connectivity index is 2.32. The summed E-state index contributed by atoms with van der Waals surface area (Å²) in [4.78, 5) is 10.8. The minimum Gasteiger partial charge on any atom is -0.440 e. The number of esters is 1. The zero-order valence-electron chi connectivity index (χ0n) is 11.1. The van der Waals surface area contributed by atoms with E-state index in [0.717, 1.165) is 0 Å². The first kappa shape index (κ1) is 16.4. The van der Waals surface area contributed by atoms with E-state index >= 15 is 0 Å². The van der Waals surface area contributed by atoms with Gasteiger partial charge in [0.15, 0.2) is 0 Å². The van der Waals surface area contributed by atoms with Crippen LogP contribution in [0.2, 0.25) is 0 Å². The van der Waals surface area contributed by atoms with Gasteiger partial charge in [0.25, 0.3) is 0 Å². The lowest BCUT2D eigenvalue weighted by atomic mass is 9.80. The van der Waals surface area contributed by atoms with Crippen molar-refractivity contribution in [1.29, 1.82) is 0 Å². The summed E-state index contributed by atoms with van der Waals surface area (Å²) in [6.07, 6.45) is -12.6. The number of hydrogen-bond acceptors (Lipinski definition) is 3. The maximum absolute atomic E-state index is 13.1. The molecule has 3 nitrogen and oxygen atoms in total. The van der Waals surface area contributed by atoms with Crippen LogP contribution < -0.4 is 0 Å². The highest BCUT2D eigenvalue weighted by atomic mass is 19.4. The Bertz CT molecular complexity index is 402. The second kappa shape index (κ2) is 5.03. The molecule has 2 rings (SSSR count). The molecule has 9 heteroatoms. The van der Waals surface area contributed by atoms with Crippen molar-refractivity contribution in [2.45, 2.75) is 62.8 Å². The van der Waals surface area contributed by atoms with Crippen LogP contribution in [0.5, 0.6) is 0 Å². The van der Waals surface area contributed by atoms with Crippen LogP contribution in [0, 0.1) is 5.92 Å². The number of alkyl halides is 6. The van der Waals surface area contributed by atoms with E-state index in [4.69, 9.17) is 4.74 Å². The SMILES string of the molecule is CC(=O)OC(CC1CC2CCC1O2)(C(F)(F)F)C(F)(F)F. The van der Waals surface area contributed by atoms with Gasteiger partial charge in [-0.05, 0) is 25.2 Å². The quantitative estimate of drug-likeness (QED) is 0.591. The van der Waals surface area contributed by atoms with Crippen LogP contribution in [0.1, 0.15) is 32.6 Å². The van der Waals surface area contributed by atoms with Crippen molar-refractivity contribution in [3.05, 3.63) is 0 Å². The van der Waals surface area contributed by atoms with Gasteiger partial charge in [-0.15, -0.1) is 0 Å². The highest BCUT2D eigenvalue weighted by Crippen LogP contribution is 2.53. The van der Waals surface area contributed by atoms with Crippen LogP contribution in [-0.4, -0.2) is 36.1 Å². The molecule has 2 bridgehead atoms. The number of carbonyl (C=O) groups is 1. The van der Waals surface area contributed by atoms with Crippen molar-refractivity contribution in [3.8, 4) is 0 Å². The van der Waals surface area contributed by atoms with Gasteiger partial charge in [0, 0.05) is 13.3 Å². The predicted molar refractivity (Wildman–Crippen MR) is 57.2 cm³/mol. The van der Waals surface area contributed by atoms with Gasteiger partial charge in [-0.25, -0.2) is 0 Å². The average Bonchev–Trinajstić information content (AvgIpc) is 2.85. The number of halogens is 6. The Morgan fingerprint density at radius 1 is 1.14 bits per heavy atom. The molecule has 0 N–H and O–H groups in total. The maximum Gasteiger partial charge on any atom is 0.437 e. The van der Waals surface area contributed by atoms with Crippen molar-refractivity contribution in [3.63, 3.8) is 0 Å². The molecule has 122 valence electrons. The molecule has 3 unspecified atom stereocenters. The summed E-state index contributed by atoms with van der Waals surface area (Å²) in [7, 11) is 0. The second-order valence-corrected chi connectivity index (χ2v) is 5.49. The summed E-state index contributed by atoms with van der Waals surface area (Å²) in [6, 6.07) is 0. The third-order valence-corrected chi connectivity index (χ3v) is 4.02. The van der Waals surface area contributed by atoms with E-state index in [1.807, 2.05) is 0 Å². The van der Waals surface area contributed by atoms with E-state index in [1.54, 1.807) is 0 Å². The fraction of sp³-hybridized carbons (Fsp3) is 0.917. The fourth-order valence-corrected chi connectivity index (χ4v) is 3.12. The summed E-state index contributed by atoms with van der Waals surface area (Å²) in [5.74, 6) is -2.54. The van der Waals surface area contributed by atoms with E-state index in [1.165, 1.54) is 0 Å². The number of ether oxygens (including phenoxy) is 2. The van der Waals surface area contributed by atoms with Crippen molar-refractivity contribution in [2.75, 3.05) is 0 Å². The normalized spacial score (nSPS) is 29.8. The molecule has 0 spiro atoms. The summed E-state index contributed by atoms with van der Waals surface area (Å²) >= 11 is 0. The molecule has 2 aliphatic heterocycles. The zero-order valence-corrected chi connectivity index (χ0v) is 11.1. The van der Waals surface area contributed by atoms with Crippen molar-refractivity contribution in [1.82, 2.24) is 0 Å². The number of carbonyl (C=O) groups excluding carboxylic acids is 1. The molecule has 3 atom stereocenters. The van der Waals surface area contributed by atoms with Gasteiger partial charge in [-0.3, -0.25) is 4.79 Å². The Kier molecular flexibility index (Phi) is 3.92. The van der Waals surface area contributed by atoms with Crippen molar-refractivity contribution in [2.24, 2.45) is 5.92 Å². The molecule has 0 aliphatic carbocycles. The molecule has 2 heterocycles. The lowest BCUT2D eigenvalue weighted by Crippen LogP contribution is -2.60. The summed E-state index contributed by atoms with van der Waals surface area (Å²) < 4.78 is 87.6. The van der Waals surface area contributed by atoms with Crippen LogP contribution in [0.25, 0.3) is 0 Å². The minimum absolute atomic E-state index is 0.125. The lowest BCUT2D eigenvalue weighted by Gasteiger charge is -2.38. The smallest absolute Gasteiger partial charge is 0.437 e. The first-order valence-corrected chi connectivity index (χ1v) is 6.45. The first-order chi connectivity index (χ1) is 9.46. The van der Waals surface area contributed by atoms with Crippen LogP contribution >= 0.6 is 0 Å². The van der Waals surface area contributed by atoms with Gasteiger partial charge in [0.2, 0.25) is 0 Å². The zero-order chi connectivity index (χ0) is 16.1. The average molecular weight is 320 g/mol. The number of rotatable bonds is 3. The van der Waals surface area contributed by atoms with Crippen molar-refractivity contribution < 1.29 is 40.6 Å². The van der Waals surface area contributed by atoms with Gasteiger partial charge >= 0.3 is 23.9 Å². The molecular weight excluding hydrogens is 306 g/mol. The second-order valence-electron chi connectivity index (χ2n) is 5.49. The van der Waals surface area contributed by atoms with Crippen LogP contribution in [0.15, 0.2) is 0 Å². The summed E-state index contributed by atoms with van der Waals surface area (Å²) in [5, 5.41) is 0. The van der Waals surface area contributed by atoms with E-state index in [9.17, 15) is 31.1 Å². The van der Waals surface area contributed by atoms with E-state index in [-0.39, 0.29) is 12.5 Å². The van der Waals surface area contributed by atoms with Gasteiger partial charge in [-0.2, -0.15) is 26.3 Å². The van der Waals surface area contributed by atoms with Crippen LogP contribution in [0.4, 0.5) is 26.3 Å². The summed E-state index contributed by atoms with van der Waals surface area (Å²) in [5.41, 5.74) is -4.47. The van der Waals surface area contributed by atoms with E-state index in [2.05, 4.69) is 4.74 Å². The molecule has 0 aromatic heterocycles. The largest absolute Gasteiger partial charge is 0.440 e. The molecular formula is C12H14F6O3. The minimum atomic E-state index is -5.74. The molecule has 0 saturated carbocycles. The molecule has 0 amide bonds. The first-order valence-electron chi connectivity index (χ1n) is 6.45. The number of fused-ring (bicyclic) bond motifs is 2. The van der Waals surface area contributed by atoms with Crippen LogP contribution in [0.3, 0.4) is 0 Å². The Hall–Kier alpha value is -0.990. The third-order valence-electron chi connectivity index (χ3n) is 4.02. The lowest BCUT2D eigenvalue weighted by molar-refractivity contribution is -0.374. The van der Waals surface area contributed by atoms with Gasteiger partial charge < -0.3 is 9.47 Å². The Labute approximate surface area is 116 Å². The third kappa shape index (κ3) is 2.84. The Morgan fingerprint density at radius 2 is 1.71 bits per heavy atom. The molecule has 21 heavy (non-hydrogen) atoms. The number of hydrogen-bond donors (Lipinski definition) is 0. The highest BCUT2D eigenvalue weighted by molar-refractivity contribution is 5.66. The van der Waals surface area contributed by atoms with E-state index < -0.39 is 42.4 Å². The topological polar surface area (TPSA) is 35.5 Å². The highest BCUT2D eigenvalue weighted by Gasteiger charge is 2.74. The van der Waals surface area contributed by atoms with Crippen molar-refractivity contribution >= 4 is 5.97 Å². The monoisotopic (exact) mass is 320 g/mol. The van der Waals surface area contributed by atoms with Gasteiger partial charge in [-0.1, -0.05) is 0 Å². The predicted octanol–water partition coefficient (Wildman–Crippen LogP) is 3.37. The standard InChI is InChI=1S/C12H14F6O3/c1-6(19)21-10(11(13,14)15,12(16,17)18)5-7-4-8-2-3-9(7)20-8/h7-9H,2-5H2,1H3. The molecule has 2 aliphatic rings. The Morgan fingerprint density at radius 3 is 2.05 bits per heavy atom. The fourth-order valence-electron chi connectivity index (χ4n) is 3.12. The summed E-state index contributed by atoms with van der Waals surface area (Å²) in [6.45, 7) is 0.531. The molecule has 2 fully saturated rings. The maximum atomic E-state index is 13.1. The van der Waals surface area contributed by atoms with Crippen LogP contribution in [-0.2, 0) is 14.3 Å². The molecule has 2 saturated heterocycles.